The zero-order chi connectivity index (χ0) is 15.3. The van der Waals surface area contributed by atoms with E-state index >= 15 is 0 Å². The minimum atomic E-state index is -3.73. The molecule has 0 spiro atoms. The van der Waals surface area contributed by atoms with Gasteiger partial charge in [-0.1, -0.05) is 31.0 Å². The Morgan fingerprint density at radius 1 is 1.24 bits per heavy atom. The van der Waals surface area contributed by atoms with E-state index < -0.39 is 15.9 Å². The van der Waals surface area contributed by atoms with E-state index in [0.29, 0.717) is 6.54 Å². The lowest BCUT2D eigenvalue weighted by atomic mass is 10.1. The van der Waals surface area contributed by atoms with Crippen molar-refractivity contribution in [1.82, 2.24) is 9.79 Å². The number of benzene rings is 1. The summed E-state index contributed by atoms with van der Waals surface area (Å²) in [7, 11) is -3.73. The molecule has 0 aromatic heterocycles. The normalized spacial score (nSPS) is 16.3. The molecular weight excluding hydrogens is 292 g/mol. The minimum absolute atomic E-state index is 0.161. The number of carbonyl (C=O) groups is 1. The van der Waals surface area contributed by atoms with Crippen LogP contribution in [0.3, 0.4) is 0 Å². The molecule has 1 amide bonds. The first kappa shape index (κ1) is 15.9. The topological polar surface area (TPSA) is 86.7 Å². The van der Waals surface area contributed by atoms with Crippen LogP contribution in [-0.4, -0.2) is 36.9 Å². The number of hydrogen-bond donors (Lipinski definition) is 2. The zero-order valence-corrected chi connectivity index (χ0v) is 12.6. The predicted octanol–water partition coefficient (Wildman–Crippen LogP) is 1.37. The number of hydrogen-bond acceptors (Lipinski definition) is 4. The SMILES string of the molecule is O=C(CN(CC1CCCC1)S(=O)(=O)c1ccccc1)NO. The highest BCUT2D eigenvalue weighted by atomic mass is 32.2. The summed E-state index contributed by atoms with van der Waals surface area (Å²) in [5, 5.41) is 8.66. The van der Waals surface area contributed by atoms with Gasteiger partial charge < -0.3 is 0 Å². The van der Waals surface area contributed by atoms with Crippen molar-refractivity contribution in [2.24, 2.45) is 5.92 Å². The van der Waals surface area contributed by atoms with Crippen LogP contribution in [0.5, 0.6) is 0 Å². The van der Waals surface area contributed by atoms with Gasteiger partial charge in [-0.05, 0) is 30.9 Å². The summed E-state index contributed by atoms with van der Waals surface area (Å²) in [6, 6.07) is 8.04. The second-order valence-corrected chi connectivity index (χ2v) is 7.23. The highest BCUT2D eigenvalue weighted by molar-refractivity contribution is 7.89. The number of amides is 1. The van der Waals surface area contributed by atoms with Crippen LogP contribution in [0, 0.1) is 5.92 Å². The van der Waals surface area contributed by atoms with Gasteiger partial charge in [-0.2, -0.15) is 4.31 Å². The van der Waals surface area contributed by atoms with Crippen molar-refractivity contribution in [2.45, 2.75) is 30.6 Å². The molecule has 116 valence electrons. The third-order valence-electron chi connectivity index (χ3n) is 3.76. The highest BCUT2D eigenvalue weighted by Gasteiger charge is 2.29. The molecule has 0 heterocycles. The lowest BCUT2D eigenvalue weighted by Crippen LogP contribution is -2.42. The van der Waals surface area contributed by atoms with Crippen LogP contribution in [0.4, 0.5) is 0 Å². The lowest BCUT2D eigenvalue weighted by Gasteiger charge is -2.24. The van der Waals surface area contributed by atoms with Gasteiger partial charge in [0.1, 0.15) is 0 Å². The third-order valence-corrected chi connectivity index (χ3v) is 5.59. The van der Waals surface area contributed by atoms with E-state index in [4.69, 9.17) is 5.21 Å². The van der Waals surface area contributed by atoms with E-state index in [9.17, 15) is 13.2 Å². The third kappa shape index (κ3) is 4.03. The summed E-state index contributed by atoms with van der Waals surface area (Å²) in [6.45, 7) is -0.0606. The average molecular weight is 312 g/mol. The number of sulfonamides is 1. The molecule has 0 bridgehead atoms. The minimum Gasteiger partial charge on any atom is -0.289 e. The molecule has 2 N–H and O–H groups in total. The Bertz CT molecular complexity index is 568. The fraction of sp³-hybridized carbons (Fsp3) is 0.500. The van der Waals surface area contributed by atoms with E-state index in [1.807, 2.05) is 0 Å². The summed E-state index contributed by atoms with van der Waals surface area (Å²) in [6.07, 6.45) is 4.13. The van der Waals surface area contributed by atoms with Gasteiger partial charge >= 0.3 is 0 Å². The first-order valence-corrected chi connectivity index (χ1v) is 8.46. The summed E-state index contributed by atoms with van der Waals surface area (Å²) in [5.74, 6) is -0.456. The van der Waals surface area contributed by atoms with E-state index in [1.165, 1.54) is 17.6 Å². The lowest BCUT2D eigenvalue weighted by molar-refractivity contribution is -0.129. The molecule has 0 unspecified atom stereocenters. The van der Waals surface area contributed by atoms with Crippen LogP contribution < -0.4 is 5.48 Å². The van der Waals surface area contributed by atoms with Gasteiger partial charge in [0.2, 0.25) is 10.0 Å². The van der Waals surface area contributed by atoms with Crippen LogP contribution in [0.25, 0.3) is 0 Å². The molecular formula is C14H20N2O4S. The molecule has 0 atom stereocenters. The number of nitrogens with zero attached hydrogens (tertiary/aromatic N) is 1. The molecule has 0 radical (unpaired) electrons. The van der Waals surface area contributed by atoms with E-state index in [0.717, 1.165) is 30.0 Å². The van der Waals surface area contributed by atoms with Gasteiger partial charge in [0, 0.05) is 6.54 Å². The fourth-order valence-electron chi connectivity index (χ4n) is 2.67. The Labute approximate surface area is 124 Å². The molecule has 2 rings (SSSR count). The van der Waals surface area contributed by atoms with Crippen LogP contribution >= 0.6 is 0 Å². The molecule has 1 saturated carbocycles. The zero-order valence-electron chi connectivity index (χ0n) is 11.7. The smallest absolute Gasteiger partial charge is 0.258 e. The van der Waals surface area contributed by atoms with Crippen molar-refractivity contribution >= 4 is 15.9 Å². The maximum atomic E-state index is 12.6. The van der Waals surface area contributed by atoms with Gasteiger partial charge in [0.15, 0.2) is 0 Å². The molecule has 1 aromatic carbocycles. The van der Waals surface area contributed by atoms with Crippen LogP contribution in [0.15, 0.2) is 35.2 Å². The summed E-state index contributed by atoms with van der Waals surface area (Å²) >= 11 is 0. The van der Waals surface area contributed by atoms with Gasteiger partial charge in [-0.3, -0.25) is 10.0 Å². The van der Waals surface area contributed by atoms with Crippen molar-refractivity contribution in [3.05, 3.63) is 30.3 Å². The molecule has 1 aliphatic rings. The van der Waals surface area contributed by atoms with Gasteiger partial charge in [0.05, 0.1) is 11.4 Å². The van der Waals surface area contributed by atoms with E-state index in [2.05, 4.69) is 0 Å². The molecule has 0 saturated heterocycles. The van der Waals surface area contributed by atoms with Gasteiger partial charge in [-0.15, -0.1) is 0 Å². The van der Waals surface area contributed by atoms with E-state index in [-0.39, 0.29) is 17.4 Å². The largest absolute Gasteiger partial charge is 0.289 e. The maximum absolute atomic E-state index is 12.6. The molecule has 1 aromatic rings. The van der Waals surface area contributed by atoms with E-state index in [1.54, 1.807) is 18.2 Å². The van der Waals surface area contributed by atoms with Crippen molar-refractivity contribution in [3.63, 3.8) is 0 Å². The quantitative estimate of drug-likeness (QED) is 0.613. The number of carbonyl (C=O) groups excluding carboxylic acids is 1. The summed E-state index contributed by atoms with van der Waals surface area (Å²) < 4.78 is 26.4. The Kier molecular flexibility index (Phi) is 5.33. The summed E-state index contributed by atoms with van der Waals surface area (Å²) in [4.78, 5) is 11.6. The monoisotopic (exact) mass is 312 g/mol. The molecule has 21 heavy (non-hydrogen) atoms. The van der Waals surface area contributed by atoms with Crippen LogP contribution in [0.2, 0.25) is 0 Å². The van der Waals surface area contributed by atoms with Gasteiger partial charge in [-0.25, -0.2) is 13.9 Å². The number of nitrogens with one attached hydrogen (secondary N) is 1. The van der Waals surface area contributed by atoms with Gasteiger partial charge in [0.25, 0.3) is 5.91 Å². The van der Waals surface area contributed by atoms with Crippen LogP contribution in [0.1, 0.15) is 25.7 Å². The molecule has 6 nitrogen and oxygen atoms in total. The Morgan fingerprint density at radius 2 is 1.86 bits per heavy atom. The fourth-order valence-corrected chi connectivity index (χ4v) is 4.16. The molecule has 1 fully saturated rings. The van der Waals surface area contributed by atoms with Crippen molar-refractivity contribution in [3.8, 4) is 0 Å². The predicted molar refractivity (Wildman–Crippen MR) is 77.1 cm³/mol. The van der Waals surface area contributed by atoms with Crippen molar-refractivity contribution in [2.75, 3.05) is 13.1 Å². The Morgan fingerprint density at radius 3 is 2.43 bits per heavy atom. The Balaban J connectivity index is 2.22. The number of hydroxylamine groups is 1. The standard InChI is InChI=1S/C14H20N2O4S/c17-14(15-18)11-16(10-12-6-4-5-7-12)21(19,20)13-8-2-1-3-9-13/h1-3,8-9,12,18H,4-7,10-11H2,(H,15,17). The second kappa shape index (κ2) is 7.02. The first-order valence-electron chi connectivity index (χ1n) is 7.02. The van der Waals surface area contributed by atoms with Crippen molar-refractivity contribution in [1.29, 1.82) is 0 Å². The number of rotatable bonds is 6. The maximum Gasteiger partial charge on any atom is 0.258 e. The van der Waals surface area contributed by atoms with Crippen molar-refractivity contribution < 1.29 is 18.4 Å². The molecule has 7 heteroatoms. The molecule has 0 aliphatic heterocycles. The molecule has 1 aliphatic carbocycles. The van der Waals surface area contributed by atoms with Crippen LogP contribution in [-0.2, 0) is 14.8 Å². The first-order chi connectivity index (χ1) is 10.0. The Hall–Kier alpha value is -1.44. The summed E-state index contributed by atoms with van der Waals surface area (Å²) in [5.41, 5.74) is 1.50. The highest BCUT2D eigenvalue weighted by Crippen LogP contribution is 2.27. The second-order valence-electron chi connectivity index (χ2n) is 5.30. The average Bonchev–Trinajstić information content (AvgIpc) is 3.00.